The first-order valence-corrected chi connectivity index (χ1v) is 11.6. The molecule has 3 aromatic rings. The second-order valence-electron chi connectivity index (χ2n) is 7.78. The summed E-state index contributed by atoms with van der Waals surface area (Å²) in [5, 5.41) is 15.4. The van der Waals surface area contributed by atoms with Crippen molar-refractivity contribution in [2.45, 2.75) is 32.0 Å². The topological polar surface area (TPSA) is 88.9 Å². The monoisotopic (exact) mass is 471 g/mol. The molecule has 3 rings (SSSR count). The Bertz CT molecular complexity index is 1100. The van der Waals surface area contributed by atoms with E-state index in [4.69, 9.17) is 11.6 Å². The number of nitrogens with one attached hydrogen (secondary N) is 2. The van der Waals surface area contributed by atoms with Crippen LogP contribution in [0.4, 0.5) is 5.69 Å². The number of benzene rings is 2. The first-order valence-electron chi connectivity index (χ1n) is 10.2. The van der Waals surface area contributed by atoms with E-state index in [1.165, 1.54) is 11.8 Å². The summed E-state index contributed by atoms with van der Waals surface area (Å²) in [5.74, 6) is 0.465. The van der Waals surface area contributed by atoms with Crippen molar-refractivity contribution in [1.29, 1.82) is 0 Å². The molecule has 7 nitrogen and oxygen atoms in total. The fraction of sp³-hybridized carbons (Fsp3) is 0.304. The van der Waals surface area contributed by atoms with E-state index in [1.807, 2.05) is 52.1 Å². The molecule has 1 aromatic heterocycles. The SMILES string of the molecule is Cc1ccc(NC(=O)CSc2nnc([C@H](NC(=O)c3ccccc3Cl)C(C)C)n2C)cc1. The van der Waals surface area contributed by atoms with Crippen LogP contribution in [0.15, 0.2) is 53.7 Å². The minimum Gasteiger partial charge on any atom is -0.342 e. The number of carbonyl (C=O) groups is 2. The van der Waals surface area contributed by atoms with Crippen LogP contribution >= 0.6 is 23.4 Å². The Hall–Kier alpha value is -2.84. The Morgan fingerprint density at radius 3 is 2.44 bits per heavy atom. The van der Waals surface area contributed by atoms with Crippen LogP contribution in [0, 0.1) is 12.8 Å². The summed E-state index contributed by atoms with van der Waals surface area (Å²) in [6.07, 6.45) is 0. The van der Waals surface area contributed by atoms with E-state index < -0.39 is 0 Å². The van der Waals surface area contributed by atoms with Gasteiger partial charge in [0.1, 0.15) is 0 Å². The number of carbonyl (C=O) groups excluding carboxylic acids is 2. The highest BCUT2D eigenvalue weighted by atomic mass is 35.5. The van der Waals surface area contributed by atoms with E-state index in [2.05, 4.69) is 20.8 Å². The van der Waals surface area contributed by atoms with E-state index in [1.54, 1.807) is 28.8 Å². The zero-order valence-electron chi connectivity index (χ0n) is 18.4. The second kappa shape index (κ2) is 10.7. The maximum absolute atomic E-state index is 12.8. The van der Waals surface area contributed by atoms with Crippen molar-refractivity contribution in [3.05, 3.63) is 70.5 Å². The fourth-order valence-corrected chi connectivity index (χ4v) is 4.02. The lowest BCUT2D eigenvalue weighted by atomic mass is 10.0. The molecule has 9 heteroatoms. The van der Waals surface area contributed by atoms with Crippen LogP contribution in [-0.4, -0.2) is 32.3 Å². The molecule has 0 bridgehead atoms. The maximum Gasteiger partial charge on any atom is 0.253 e. The van der Waals surface area contributed by atoms with Crippen LogP contribution in [0.3, 0.4) is 0 Å². The summed E-state index contributed by atoms with van der Waals surface area (Å²) in [5.41, 5.74) is 2.29. The number of hydrogen-bond donors (Lipinski definition) is 2. The third kappa shape index (κ3) is 5.89. The number of amides is 2. The molecule has 1 atom stereocenters. The molecule has 0 aliphatic rings. The maximum atomic E-state index is 12.8. The van der Waals surface area contributed by atoms with Gasteiger partial charge < -0.3 is 15.2 Å². The predicted octanol–water partition coefficient (Wildman–Crippen LogP) is 4.63. The van der Waals surface area contributed by atoms with Crippen molar-refractivity contribution in [3.8, 4) is 0 Å². The fourth-order valence-electron chi connectivity index (χ4n) is 3.08. The number of aryl methyl sites for hydroxylation is 1. The van der Waals surface area contributed by atoms with Crippen LogP contribution in [-0.2, 0) is 11.8 Å². The molecule has 0 saturated heterocycles. The average Bonchev–Trinajstić information content (AvgIpc) is 3.12. The lowest BCUT2D eigenvalue weighted by molar-refractivity contribution is -0.113. The second-order valence-corrected chi connectivity index (χ2v) is 9.13. The van der Waals surface area contributed by atoms with Crippen LogP contribution in [0.2, 0.25) is 5.02 Å². The van der Waals surface area contributed by atoms with Crippen LogP contribution in [0.1, 0.15) is 41.6 Å². The largest absolute Gasteiger partial charge is 0.342 e. The number of hydrogen-bond acceptors (Lipinski definition) is 5. The van der Waals surface area contributed by atoms with Gasteiger partial charge in [-0.2, -0.15) is 0 Å². The third-order valence-corrected chi connectivity index (χ3v) is 6.24. The van der Waals surface area contributed by atoms with Crippen molar-refractivity contribution in [2.24, 2.45) is 13.0 Å². The molecule has 0 radical (unpaired) electrons. The minimum atomic E-state index is -0.369. The summed E-state index contributed by atoms with van der Waals surface area (Å²) < 4.78 is 1.81. The normalized spacial score (nSPS) is 11.9. The molecule has 0 aliphatic carbocycles. The van der Waals surface area contributed by atoms with Gasteiger partial charge in [0.2, 0.25) is 5.91 Å². The van der Waals surface area contributed by atoms with E-state index in [-0.39, 0.29) is 29.5 Å². The molecule has 0 saturated carbocycles. The summed E-state index contributed by atoms with van der Waals surface area (Å²) in [6, 6.07) is 14.2. The summed E-state index contributed by atoms with van der Waals surface area (Å²) in [4.78, 5) is 25.1. The van der Waals surface area contributed by atoms with Crippen molar-refractivity contribution in [2.75, 3.05) is 11.1 Å². The zero-order valence-corrected chi connectivity index (χ0v) is 20.0. The van der Waals surface area contributed by atoms with Gasteiger partial charge in [0.15, 0.2) is 11.0 Å². The lowest BCUT2D eigenvalue weighted by Gasteiger charge is -2.22. The van der Waals surface area contributed by atoms with Gasteiger partial charge in [-0.1, -0.05) is 67.0 Å². The Labute approximate surface area is 197 Å². The first-order chi connectivity index (χ1) is 15.3. The van der Waals surface area contributed by atoms with Crippen LogP contribution < -0.4 is 10.6 Å². The van der Waals surface area contributed by atoms with Gasteiger partial charge in [-0.15, -0.1) is 10.2 Å². The molecule has 2 amide bonds. The molecule has 2 aromatic carbocycles. The van der Waals surface area contributed by atoms with E-state index in [0.29, 0.717) is 21.6 Å². The highest BCUT2D eigenvalue weighted by Crippen LogP contribution is 2.25. The molecule has 168 valence electrons. The van der Waals surface area contributed by atoms with Crippen molar-refractivity contribution < 1.29 is 9.59 Å². The lowest BCUT2D eigenvalue weighted by Crippen LogP contribution is -2.33. The summed E-state index contributed by atoms with van der Waals surface area (Å²) in [6.45, 7) is 5.98. The van der Waals surface area contributed by atoms with Crippen LogP contribution in [0.5, 0.6) is 0 Å². The molecule has 0 spiro atoms. The number of aromatic nitrogens is 3. The number of nitrogens with zero attached hydrogens (tertiary/aromatic N) is 3. The smallest absolute Gasteiger partial charge is 0.253 e. The van der Waals surface area contributed by atoms with E-state index in [0.717, 1.165) is 11.3 Å². The van der Waals surface area contributed by atoms with Gasteiger partial charge in [0.25, 0.3) is 5.91 Å². The van der Waals surface area contributed by atoms with E-state index >= 15 is 0 Å². The Kier molecular flexibility index (Phi) is 7.93. The first kappa shape index (κ1) is 23.8. The highest BCUT2D eigenvalue weighted by molar-refractivity contribution is 7.99. The quantitative estimate of drug-likeness (QED) is 0.467. The van der Waals surface area contributed by atoms with Gasteiger partial charge in [0, 0.05) is 12.7 Å². The Morgan fingerprint density at radius 1 is 1.09 bits per heavy atom. The minimum absolute atomic E-state index is 0.0621. The molecule has 0 aliphatic heterocycles. The molecule has 32 heavy (non-hydrogen) atoms. The highest BCUT2D eigenvalue weighted by Gasteiger charge is 2.26. The zero-order chi connectivity index (χ0) is 23.3. The molecule has 0 fully saturated rings. The van der Waals surface area contributed by atoms with Gasteiger partial charge in [-0.25, -0.2) is 0 Å². The number of halogens is 1. The van der Waals surface area contributed by atoms with Crippen molar-refractivity contribution in [3.63, 3.8) is 0 Å². The third-order valence-electron chi connectivity index (χ3n) is 4.89. The summed E-state index contributed by atoms with van der Waals surface area (Å²) >= 11 is 7.45. The molecular formula is C23H26ClN5O2S. The predicted molar refractivity (Wildman–Crippen MR) is 128 cm³/mol. The summed E-state index contributed by atoms with van der Waals surface area (Å²) in [7, 11) is 1.83. The number of anilines is 1. The molecular weight excluding hydrogens is 446 g/mol. The number of thioether (sulfide) groups is 1. The van der Waals surface area contributed by atoms with E-state index in [9.17, 15) is 9.59 Å². The molecule has 0 unspecified atom stereocenters. The van der Waals surface area contributed by atoms with Crippen molar-refractivity contribution in [1.82, 2.24) is 20.1 Å². The van der Waals surface area contributed by atoms with Crippen LogP contribution in [0.25, 0.3) is 0 Å². The number of rotatable bonds is 8. The van der Waals surface area contributed by atoms with Gasteiger partial charge in [-0.05, 0) is 37.1 Å². The molecule has 1 heterocycles. The van der Waals surface area contributed by atoms with Gasteiger partial charge >= 0.3 is 0 Å². The van der Waals surface area contributed by atoms with Gasteiger partial charge in [-0.3, -0.25) is 9.59 Å². The standard InChI is InChI=1S/C23H26ClN5O2S/c1-14(2)20(26-22(31)17-7-5-6-8-18(17)24)21-27-28-23(29(21)4)32-13-19(30)25-16-11-9-15(3)10-12-16/h5-12,14,20H,13H2,1-4H3,(H,25,30)(H,26,31)/t20-/m1/s1. The Morgan fingerprint density at radius 2 is 1.78 bits per heavy atom. The van der Waals surface area contributed by atoms with Gasteiger partial charge in [0.05, 0.1) is 22.4 Å². The van der Waals surface area contributed by atoms with Crippen molar-refractivity contribution >= 4 is 40.9 Å². The molecule has 2 N–H and O–H groups in total. The average molecular weight is 472 g/mol. The Balaban J connectivity index is 1.67.